The van der Waals surface area contributed by atoms with Gasteiger partial charge >= 0.3 is 6.16 Å². The van der Waals surface area contributed by atoms with Crippen LogP contribution in [0.1, 0.15) is 72.3 Å². The summed E-state index contributed by atoms with van der Waals surface area (Å²) in [6.07, 6.45) is -0.494. The third-order valence-electron chi connectivity index (χ3n) is 7.50. The number of hydrogen-bond donors (Lipinski definition) is 0. The molecule has 0 spiro atoms. The van der Waals surface area contributed by atoms with Crippen LogP contribution in [-0.4, -0.2) is 34.7 Å². The summed E-state index contributed by atoms with van der Waals surface area (Å²) in [5, 5.41) is 0. The van der Waals surface area contributed by atoms with Gasteiger partial charge in [0.05, 0.1) is 29.6 Å². The lowest BCUT2D eigenvalue weighted by atomic mass is 9.72. The molecule has 0 N–H and O–H groups in total. The van der Waals surface area contributed by atoms with Gasteiger partial charge in [0.15, 0.2) is 5.78 Å². The molecule has 1 aromatic carbocycles. The maximum absolute atomic E-state index is 14.2. The Bertz CT molecular complexity index is 1260. The molecule has 0 saturated carbocycles. The smallest absolute Gasteiger partial charge is 0.428 e. The summed E-state index contributed by atoms with van der Waals surface area (Å²) in [4.78, 5) is 31.5. The summed E-state index contributed by atoms with van der Waals surface area (Å²) >= 11 is 0. The van der Waals surface area contributed by atoms with Gasteiger partial charge in [-0.3, -0.25) is 9.78 Å². The van der Waals surface area contributed by atoms with Crippen molar-refractivity contribution in [3.63, 3.8) is 0 Å². The summed E-state index contributed by atoms with van der Waals surface area (Å²) in [5.41, 5.74) is 6.84. The van der Waals surface area contributed by atoms with Gasteiger partial charge in [0.2, 0.25) is 0 Å². The molecule has 3 heterocycles. The van der Waals surface area contributed by atoms with Crippen LogP contribution >= 0.6 is 0 Å². The Morgan fingerprint density at radius 3 is 2.17 bits per heavy atom. The normalized spacial score (nSPS) is 27.0. The van der Waals surface area contributed by atoms with Gasteiger partial charge in [-0.25, -0.2) is 4.79 Å². The van der Waals surface area contributed by atoms with Gasteiger partial charge in [-0.2, -0.15) is 0 Å². The zero-order valence-corrected chi connectivity index (χ0v) is 22.4. The largest absolute Gasteiger partial charge is 0.514 e. The van der Waals surface area contributed by atoms with Crippen LogP contribution < -0.4 is 0 Å². The van der Waals surface area contributed by atoms with E-state index in [4.69, 9.17) is 14.2 Å². The highest BCUT2D eigenvalue weighted by molar-refractivity contribution is 6.26. The number of hydrogen-bond acceptors (Lipinski definition) is 6. The summed E-state index contributed by atoms with van der Waals surface area (Å²) < 4.78 is 17.8. The molecule has 190 valence electrons. The van der Waals surface area contributed by atoms with Crippen LogP contribution in [0.4, 0.5) is 4.79 Å². The van der Waals surface area contributed by atoms with Gasteiger partial charge < -0.3 is 14.2 Å². The number of ether oxygens (including phenoxy) is 3. The fourth-order valence-electron chi connectivity index (χ4n) is 6.54. The minimum absolute atomic E-state index is 0.00619. The van der Waals surface area contributed by atoms with Crippen LogP contribution in [-0.2, 0) is 19.0 Å². The highest BCUT2D eigenvalue weighted by Crippen LogP contribution is 2.59. The summed E-state index contributed by atoms with van der Waals surface area (Å²) in [7, 11) is 0. The van der Waals surface area contributed by atoms with E-state index in [0.717, 1.165) is 45.6 Å². The summed E-state index contributed by atoms with van der Waals surface area (Å²) in [6, 6.07) is 8.32. The first kappa shape index (κ1) is 24.7. The third-order valence-corrected chi connectivity index (χ3v) is 7.50. The fourth-order valence-corrected chi connectivity index (χ4v) is 6.54. The quantitative estimate of drug-likeness (QED) is 0.488. The zero-order valence-electron chi connectivity index (χ0n) is 22.4. The Morgan fingerprint density at radius 1 is 0.972 bits per heavy atom. The molecule has 1 aromatic heterocycles. The Labute approximate surface area is 213 Å². The molecule has 2 aliphatic heterocycles. The molecule has 0 radical (unpaired) electrons. The summed E-state index contributed by atoms with van der Waals surface area (Å²) in [6.45, 7) is 15.4. The van der Waals surface area contributed by atoms with Crippen LogP contribution in [0.5, 0.6) is 0 Å². The van der Waals surface area contributed by atoms with Crippen molar-refractivity contribution in [1.29, 1.82) is 0 Å². The highest BCUT2D eigenvalue weighted by Gasteiger charge is 2.63. The number of allylic oxidation sites excluding steroid dienone is 1. The minimum Gasteiger partial charge on any atom is -0.428 e. The molecular formula is C30H35NO5. The zero-order chi connectivity index (χ0) is 26.1. The molecule has 5 atom stereocenters. The molecule has 2 fully saturated rings. The van der Waals surface area contributed by atoms with E-state index < -0.39 is 17.7 Å². The van der Waals surface area contributed by atoms with Crippen LogP contribution in [0.2, 0.25) is 0 Å². The lowest BCUT2D eigenvalue weighted by Crippen LogP contribution is -2.35. The first-order chi connectivity index (χ1) is 16.8. The Kier molecular flexibility index (Phi) is 5.86. The highest BCUT2D eigenvalue weighted by atomic mass is 16.7. The molecule has 36 heavy (non-hydrogen) atoms. The number of fused-ring (bicyclic) bond motifs is 5. The number of ketones is 1. The van der Waals surface area contributed by atoms with Crippen molar-refractivity contribution < 1.29 is 23.8 Å². The first-order valence-electron chi connectivity index (χ1n) is 12.7. The number of Topliss-reactive ketones (excluding diaryl/α,β-unsaturated/α-hetero) is 1. The molecular weight excluding hydrogens is 454 g/mol. The average Bonchev–Trinajstić information content (AvgIpc) is 3.38. The van der Waals surface area contributed by atoms with Crippen LogP contribution in [0.15, 0.2) is 30.0 Å². The van der Waals surface area contributed by atoms with E-state index in [1.165, 1.54) is 0 Å². The van der Waals surface area contributed by atoms with E-state index >= 15 is 0 Å². The monoisotopic (exact) mass is 489 g/mol. The Morgan fingerprint density at radius 2 is 1.58 bits per heavy atom. The number of aryl methyl sites for hydroxylation is 5. The van der Waals surface area contributed by atoms with E-state index in [0.29, 0.717) is 11.3 Å². The van der Waals surface area contributed by atoms with E-state index in [1.807, 2.05) is 34.6 Å². The number of benzene rings is 1. The fraction of sp³-hybridized carbons (Fsp3) is 0.500. The van der Waals surface area contributed by atoms with Crippen molar-refractivity contribution in [2.24, 2.45) is 11.8 Å². The maximum Gasteiger partial charge on any atom is 0.514 e. The standard InChI is InChI=1S/C30H35NO5/c1-14-9-15(2)22(16(3)10-14)24-26(32)25-23(28(24)35-29(33)36-30(6,7)8)21-13-20(27(25)34-21)19-11-17(4)31-18(5)12-19/h9-12,20-21,23,25,27H,13H2,1-8H3/t20-,21-,23-,25+,27+/m0/s1. The van der Waals surface area contributed by atoms with Crippen molar-refractivity contribution in [2.45, 2.75) is 85.5 Å². The second kappa shape index (κ2) is 8.55. The second-order valence-corrected chi connectivity index (χ2v) is 11.7. The average molecular weight is 490 g/mol. The predicted molar refractivity (Wildman–Crippen MR) is 137 cm³/mol. The molecule has 1 aliphatic carbocycles. The molecule has 5 rings (SSSR count). The van der Waals surface area contributed by atoms with Gasteiger partial charge in [0, 0.05) is 17.3 Å². The van der Waals surface area contributed by atoms with Crippen LogP contribution in [0.3, 0.4) is 0 Å². The SMILES string of the molecule is Cc1cc(C)c(C2=C(OC(=O)OC(C)(C)C)[C@@H]3[C@H](C2=O)[C@@H]2O[C@H]3C[C@H]2c2cc(C)nc(C)c2)c(C)c1. The van der Waals surface area contributed by atoms with E-state index in [9.17, 15) is 9.59 Å². The van der Waals surface area contributed by atoms with Gasteiger partial charge in [-0.15, -0.1) is 0 Å². The number of rotatable bonds is 3. The molecule has 2 bridgehead atoms. The maximum atomic E-state index is 14.2. The number of aromatic nitrogens is 1. The number of carbonyl (C=O) groups excluding carboxylic acids is 2. The third kappa shape index (κ3) is 4.15. The van der Waals surface area contributed by atoms with Crippen molar-refractivity contribution in [3.8, 4) is 0 Å². The van der Waals surface area contributed by atoms with Crippen LogP contribution in [0.25, 0.3) is 5.57 Å². The number of pyridine rings is 1. The number of carbonyl (C=O) groups is 2. The molecule has 3 aliphatic rings. The van der Waals surface area contributed by atoms with Crippen LogP contribution in [0, 0.1) is 46.5 Å². The Hall–Kier alpha value is -2.99. The lowest BCUT2D eigenvalue weighted by Gasteiger charge is -2.29. The molecule has 2 saturated heterocycles. The van der Waals surface area contributed by atoms with E-state index in [2.05, 4.69) is 29.2 Å². The Balaban J connectivity index is 1.58. The van der Waals surface area contributed by atoms with Crippen molar-refractivity contribution in [2.75, 3.05) is 0 Å². The molecule has 6 heteroatoms. The molecule has 2 aromatic rings. The molecule has 0 amide bonds. The molecule has 6 nitrogen and oxygen atoms in total. The lowest BCUT2D eigenvalue weighted by molar-refractivity contribution is -0.119. The van der Waals surface area contributed by atoms with Gasteiger partial charge in [-0.1, -0.05) is 17.7 Å². The second-order valence-electron chi connectivity index (χ2n) is 11.7. The van der Waals surface area contributed by atoms with E-state index in [1.54, 1.807) is 20.8 Å². The van der Waals surface area contributed by atoms with Crippen molar-refractivity contribution >= 4 is 17.5 Å². The summed E-state index contributed by atoms with van der Waals surface area (Å²) in [5.74, 6) is -0.195. The number of nitrogens with zero attached hydrogens (tertiary/aromatic N) is 1. The van der Waals surface area contributed by atoms with Crippen molar-refractivity contribution in [3.05, 3.63) is 69.2 Å². The van der Waals surface area contributed by atoms with Gasteiger partial charge in [0.1, 0.15) is 11.4 Å². The van der Waals surface area contributed by atoms with Crippen molar-refractivity contribution in [1.82, 2.24) is 4.98 Å². The minimum atomic E-state index is -0.787. The first-order valence-corrected chi connectivity index (χ1v) is 12.7. The predicted octanol–water partition coefficient (Wildman–Crippen LogP) is 6.06. The van der Waals surface area contributed by atoms with Gasteiger partial charge in [0.25, 0.3) is 0 Å². The topological polar surface area (TPSA) is 74.7 Å². The van der Waals surface area contributed by atoms with Gasteiger partial charge in [-0.05, 0) is 96.2 Å². The van der Waals surface area contributed by atoms with E-state index in [-0.39, 0.29) is 29.8 Å². The molecule has 0 unspecified atom stereocenters.